The van der Waals surface area contributed by atoms with Crippen molar-refractivity contribution in [2.75, 3.05) is 6.54 Å². The number of carbonyl (C=O) groups is 9. The van der Waals surface area contributed by atoms with Crippen molar-refractivity contribution in [2.24, 2.45) is 51.8 Å². The molecule has 2 rings (SSSR count). The molecule has 372 valence electrons. The quantitative estimate of drug-likeness (QED) is 0.0836. The summed E-state index contributed by atoms with van der Waals surface area (Å²) in [5.41, 5.74) is 40.3. The Hall–Kier alpha value is -6.11. The number of carboxylic acid groups (broad SMARTS) is 8. The van der Waals surface area contributed by atoms with Gasteiger partial charge >= 0.3 is 47.8 Å². The summed E-state index contributed by atoms with van der Waals surface area (Å²) >= 11 is 0. The summed E-state index contributed by atoms with van der Waals surface area (Å²) in [5, 5.41) is 85.2. The molecule has 9 atom stereocenters. The average molecular weight is 932 g/mol. The Morgan fingerprint density at radius 2 is 0.922 bits per heavy atom. The molecule has 1 aliphatic rings. The molecule has 1 heterocycles. The number of benzene rings is 1. The Kier molecular flexibility index (Phi) is 43.2. The van der Waals surface area contributed by atoms with Crippen LogP contribution in [0.2, 0.25) is 0 Å². The molecule has 0 spiro atoms. The number of carboxylic acids is 8. The second-order valence-corrected chi connectivity index (χ2v) is 13.5. The maximum absolute atomic E-state index is 10.4. The van der Waals surface area contributed by atoms with E-state index in [2.05, 4.69) is 11.1 Å². The maximum Gasteiger partial charge on any atom is 0.323 e. The fraction of sp³-hybridized carbons (Fsp3) is 0.583. The van der Waals surface area contributed by atoms with Gasteiger partial charge < -0.3 is 102 Å². The summed E-state index contributed by atoms with van der Waals surface area (Å²) in [6.45, 7) is 10.0. The number of aromatic hydroxyl groups is 1. The van der Waals surface area contributed by atoms with Crippen LogP contribution in [-0.2, 0) is 49.6 Å². The number of aliphatic carboxylic acids is 8. The van der Waals surface area contributed by atoms with Crippen LogP contribution in [0.15, 0.2) is 24.3 Å². The van der Waals surface area contributed by atoms with Gasteiger partial charge in [0.25, 0.3) is 0 Å². The zero-order valence-corrected chi connectivity index (χ0v) is 36.4. The van der Waals surface area contributed by atoms with Crippen LogP contribution in [0.3, 0.4) is 0 Å². The molecule has 64 heavy (non-hydrogen) atoms. The lowest BCUT2D eigenvalue weighted by Gasteiger charge is -2.07. The van der Waals surface area contributed by atoms with E-state index in [1.165, 1.54) is 39.8 Å². The van der Waals surface area contributed by atoms with E-state index in [0.717, 1.165) is 24.9 Å². The molecule has 27 N–H and O–H groups in total. The smallest absolute Gasteiger partial charge is 0.323 e. The van der Waals surface area contributed by atoms with Gasteiger partial charge in [-0.15, -0.1) is 0 Å². The summed E-state index contributed by atoms with van der Waals surface area (Å²) < 4.78 is 0. The van der Waals surface area contributed by atoms with Crippen molar-refractivity contribution in [1.82, 2.24) is 5.32 Å². The van der Waals surface area contributed by atoms with Crippen molar-refractivity contribution < 1.29 is 94.2 Å². The van der Waals surface area contributed by atoms with Gasteiger partial charge in [-0.2, -0.15) is 0 Å². The number of phenolic OH excluding ortho intramolecular Hbond substituents is 1. The van der Waals surface area contributed by atoms with E-state index in [4.69, 9.17) is 91.2 Å². The molecule has 1 fully saturated rings. The Bertz CT molecular complexity index is 1440. The van der Waals surface area contributed by atoms with Gasteiger partial charge in [-0.1, -0.05) is 26.0 Å². The third-order valence-corrected chi connectivity index (χ3v) is 6.78. The van der Waals surface area contributed by atoms with Gasteiger partial charge in [0.2, 0.25) is 5.91 Å². The molecule has 0 saturated carbocycles. The molecule has 1 saturated heterocycles. The zero-order chi connectivity index (χ0) is 52.2. The standard InChI is InChI=1S/C9H11NO3.C5H9NO2.C5H11NO2.C4H8N2O3.C4H9NO3.3C3H7NO2/c10-8(9(12)13)5-6-1-3-7(11)4-2-6;7-5(8)4-2-1-3-6-4;1-3(2)4(6)5(7)8;5-2(4(8)9)1-3(6)7;1-2(6)3(5)4(7)8;3*1-2(4)3(5)6/h1-4,8,11H,5,10H2,(H,12,13);4,6H,1-3H2,(H,7,8);3-4H,6H2,1-2H3,(H,7,8);2H,1,5H2,(H2,6,7)(H,8,9);2-3,6H,5H2,1H3,(H,7,8);3*2H,4H2,1H3,(H,5,6)/t8-;2*4-;2-;2-,3+;3*2-/m00001000/s1. The number of aliphatic hydroxyl groups is 1. The number of nitrogens with one attached hydrogen (secondary N) is 1. The van der Waals surface area contributed by atoms with E-state index >= 15 is 0 Å². The lowest BCUT2D eigenvalue weighted by Crippen LogP contribution is -2.39. The van der Waals surface area contributed by atoms with Crippen molar-refractivity contribution in [3.63, 3.8) is 0 Å². The highest BCUT2D eigenvalue weighted by Crippen LogP contribution is 2.10. The van der Waals surface area contributed by atoms with Crippen molar-refractivity contribution in [2.45, 2.75) is 122 Å². The molecular weight excluding hydrogens is 862 g/mol. The number of hydrogen-bond acceptors (Lipinski definition) is 19. The third kappa shape index (κ3) is 48.6. The van der Waals surface area contributed by atoms with Crippen LogP contribution >= 0.6 is 0 Å². The second kappa shape index (κ2) is 39.7. The molecule has 1 aromatic rings. The normalized spacial score (nSPS) is 15.6. The van der Waals surface area contributed by atoms with Crippen LogP contribution in [0, 0.1) is 5.92 Å². The van der Waals surface area contributed by atoms with Gasteiger partial charge in [0.15, 0.2) is 0 Å². The van der Waals surface area contributed by atoms with Crippen molar-refractivity contribution in [3.8, 4) is 5.75 Å². The summed E-state index contributed by atoms with van der Waals surface area (Å²) in [5.74, 6) is -8.48. The predicted molar refractivity (Wildman–Crippen MR) is 227 cm³/mol. The molecule has 1 aliphatic heterocycles. The highest BCUT2D eigenvalue weighted by atomic mass is 16.4. The number of carbonyl (C=O) groups excluding carboxylic acids is 1. The van der Waals surface area contributed by atoms with Crippen LogP contribution in [0.4, 0.5) is 0 Å². The minimum atomic E-state index is -1.21. The summed E-state index contributed by atoms with van der Waals surface area (Å²) in [7, 11) is 0. The van der Waals surface area contributed by atoms with Crippen LogP contribution in [-0.4, -0.2) is 166 Å². The molecule has 0 radical (unpaired) electrons. The van der Waals surface area contributed by atoms with Crippen LogP contribution in [0.1, 0.15) is 66.4 Å². The molecule has 1 aromatic carbocycles. The van der Waals surface area contributed by atoms with E-state index in [1.54, 1.807) is 26.0 Å². The first-order valence-corrected chi connectivity index (χ1v) is 18.6. The van der Waals surface area contributed by atoms with Crippen LogP contribution in [0.5, 0.6) is 5.75 Å². The van der Waals surface area contributed by atoms with Gasteiger partial charge in [0.1, 0.15) is 54.1 Å². The molecule has 0 bridgehead atoms. The number of aliphatic hydroxyl groups excluding tert-OH is 1. The van der Waals surface area contributed by atoms with Crippen molar-refractivity contribution in [1.29, 1.82) is 0 Å². The maximum atomic E-state index is 10.4. The summed E-state index contributed by atoms with van der Waals surface area (Å²) in [6, 6.07) is -0.0728. The SMILES string of the molecule is CC(C)[C@H](N)C(=O)O.C[C@@H](O)[C@H](N)C(=O)O.C[C@H](N)C(=O)O.C[C@H](N)C(=O)O.C[C@H](N)C(=O)O.NC(=O)C[C@H](N)C(=O)O.N[C@@H](Cc1ccc(O)cc1)C(=O)O.O=C(O)[C@@H]1CCCN1. The molecule has 1 amide bonds. The Morgan fingerprint density at radius 1 is 0.578 bits per heavy atom. The lowest BCUT2D eigenvalue weighted by molar-refractivity contribution is -0.141. The minimum Gasteiger partial charge on any atom is -0.508 e. The summed E-state index contributed by atoms with van der Waals surface area (Å²) in [4.78, 5) is 89.0. The van der Waals surface area contributed by atoms with E-state index in [1.807, 2.05) is 0 Å². The zero-order valence-electron chi connectivity index (χ0n) is 36.4. The van der Waals surface area contributed by atoms with Gasteiger partial charge in [0, 0.05) is 0 Å². The monoisotopic (exact) mass is 931 g/mol. The minimum absolute atomic E-state index is 0.0208. The van der Waals surface area contributed by atoms with Gasteiger partial charge in [0.05, 0.1) is 12.5 Å². The first-order valence-electron chi connectivity index (χ1n) is 18.6. The highest BCUT2D eigenvalue weighted by Gasteiger charge is 2.20. The van der Waals surface area contributed by atoms with E-state index in [-0.39, 0.29) is 30.6 Å². The lowest BCUT2D eigenvalue weighted by atomic mass is 10.1. The predicted octanol–water partition coefficient (Wildman–Crippen LogP) is -4.47. The van der Waals surface area contributed by atoms with E-state index in [0.29, 0.717) is 0 Å². The molecule has 28 nitrogen and oxygen atoms in total. The van der Waals surface area contributed by atoms with Crippen LogP contribution in [0.25, 0.3) is 0 Å². The molecule has 0 unspecified atom stereocenters. The first kappa shape index (κ1) is 69.6. The molecular formula is C36H69N9O19. The number of amides is 1. The number of nitrogens with two attached hydrogens (primary N) is 8. The first-order chi connectivity index (χ1) is 29.0. The Balaban J connectivity index is -0.000000153. The van der Waals surface area contributed by atoms with E-state index in [9.17, 15) is 43.2 Å². The molecule has 28 heteroatoms. The van der Waals surface area contributed by atoms with Crippen molar-refractivity contribution in [3.05, 3.63) is 29.8 Å². The number of rotatable bonds is 14. The fourth-order valence-corrected chi connectivity index (χ4v) is 2.66. The van der Waals surface area contributed by atoms with E-state index < -0.39 is 102 Å². The molecule has 0 aliphatic carbocycles. The Labute approximate surface area is 368 Å². The number of hydrogen-bond donors (Lipinski definition) is 19. The Morgan fingerprint density at radius 3 is 1.06 bits per heavy atom. The fourth-order valence-electron chi connectivity index (χ4n) is 2.66. The second-order valence-electron chi connectivity index (χ2n) is 13.5. The number of primary amides is 1. The molecule has 0 aromatic heterocycles. The van der Waals surface area contributed by atoms with Gasteiger partial charge in [-0.25, -0.2) is 0 Å². The average Bonchev–Trinajstić information content (AvgIpc) is 3.72. The largest absolute Gasteiger partial charge is 0.508 e. The van der Waals surface area contributed by atoms with Crippen molar-refractivity contribution >= 4 is 53.7 Å². The van der Waals surface area contributed by atoms with Gasteiger partial charge in [-0.3, -0.25) is 43.2 Å². The number of phenols is 1. The van der Waals surface area contributed by atoms with Gasteiger partial charge in [-0.05, 0) is 77.1 Å². The van der Waals surface area contributed by atoms with Crippen LogP contribution < -0.4 is 51.2 Å². The highest BCUT2D eigenvalue weighted by molar-refractivity contribution is 5.83. The summed E-state index contributed by atoms with van der Waals surface area (Å²) in [6.07, 6.45) is 0.768. The topological polar surface area (TPSA) is 576 Å². The third-order valence-electron chi connectivity index (χ3n) is 6.78.